The topological polar surface area (TPSA) is 88.1 Å². The van der Waals surface area contributed by atoms with Gasteiger partial charge in [-0.2, -0.15) is 5.10 Å². The van der Waals surface area contributed by atoms with E-state index in [4.69, 9.17) is 4.74 Å². The number of ether oxygens (including phenoxy) is 1. The van der Waals surface area contributed by atoms with Crippen molar-refractivity contribution < 1.29 is 17.9 Å². The second kappa shape index (κ2) is 9.56. The number of benzene rings is 2. The number of anilines is 1. The molecule has 29 heavy (non-hydrogen) atoms. The van der Waals surface area contributed by atoms with Gasteiger partial charge in [-0.3, -0.25) is 9.10 Å². The Kier molecular flexibility index (Phi) is 6.87. The first-order valence-corrected chi connectivity index (χ1v) is 11.0. The van der Waals surface area contributed by atoms with Crippen molar-refractivity contribution in [2.45, 2.75) is 37.0 Å². The Morgan fingerprint density at radius 2 is 1.69 bits per heavy atom. The SMILES string of the molecule is COc1ccc(S(=O)(=O)N(CC(=O)NN=C2CCCCC2)c2ccccc2)cc1. The van der Waals surface area contributed by atoms with Crippen LogP contribution in [0.2, 0.25) is 0 Å². The number of carbonyl (C=O) groups is 1. The lowest BCUT2D eigenvalue weighted by Crippen LogP contribution is -2.39. The van der Waals surface area contributed by atoms with Crippen molar-refractivity contribution in [2.24, 2.45) is 5.10 Å². The molecule has 0 heterocycles. The molecule has 2 aromatic carbocycles. The number of carbonyl (C=O) groups excluding carboxylic acids is 1. The highest BCUT2D eigenvalue weighted by molar-refractivity contribution is 7.92. The largest absolute Gasteiger partial charge is 0.497 e. The number of hydrogen-bond donors (Lipinski definition) is 1. The lowest BCUT2D eigenvalue weighted by molar-refractivity contribution is -0.119. The summed E-state index contributed by atoms with van der Waals surface area (Å²) < 4.78 is 32.7. The molecule has 0 aromatic heterocycles. The molecule has 154 valence electrons. The quantitative estimate of drug-likeness (QED) is 0.703. The summed E-state index contributed by atoms with van der Waals surface area (Å²) in [6, 6.07) is 14.6. The minimum atomic E-state index is -3.95. The van der Waals surface area contributed by atoms with E-state index in [9.17, 15) is 13.2 Å². The van der Waals surface area contributed by atoms with Gasteiger partial charge in [0, 0.05) is 5.71 Å². The van der Waals surface area contributed by atoms with E-state index in [0.29, 0.717) is 11.4 Å². The number of methoxy groups -OCH3 is 1. The van der Waals surface area contributed by atoms with Crippen molar-refractivity contribution in [3.8, 4) is 5.75 Å². The number of hydrazone groups is 1. The number of hydrogen-bond acceptors (Lipinski definition) is 5. The molecule has 1 aliphatic carbocycles. The van der Waals surface area contributed by atoms with Crippen molar-refractivity contribution in [3.05, 3.63) is 54.6 Å². The second-order valence-electron chi connectivity index (χ2n) is 6.80. The van der Waals surface area contributed by atoms with Crippen LogP contribution >= 0.6 is 0 Å². The van der Waals surface area contributed by atoms with Crippen LogP contribution in [0, 0.1) is 0 Å². The molecule has 0 aliphatic heterocycles. The first-order valence-electron chi connectivity index (χ1n) is 9.57. The Hall–Kier alpha value is -2.87. The third-order valence-corrected chi connectivity index (χ3v) is 6.54. The Bertz CT molecular complexity index is 949. The monoisotopic (exact) mass is 415 g/mol. The molecule has 0 atom stereocenters. The van der Waals surface area contributed by atoms with Gasteiger partial charge in [0.25, 0.3) is 15.9 Å². The summed E-state index contributed by atoms with van der Waals surface area (Å²) in [6.07, 6.45) is 5.04. The fraction of sp³-hybridized carbons (Fsp3) is 0.333. The maximum Gasteiger partial charge on any atom is 0.264 e. The van der Waals surface area contributed by atoms with Gasteiger partial charge in [-0.1, -0.05) is 24.6 Å². The van der Waals surface area contributed by atoms with Crippen LogP contribution in [0.25, 0.3) is 0 Å². The summed E-state index contributed by atoms with van der Waals surface area (Å²) in [7, 11) is -2.44. The Labute approximate surface area is 171 Å². The smallest absolute Gasteiger partial charge is 0.264 e. The molecule has 1 aliphatic rings. The number of amides is 1. The van der Waals surface area contributed by atoms with Gasteiger partial charge in [0.15, 0.2) is 0 Å². The van der Waals surface area contributed by atoms with Gasteiger partial charge in [0.05, 0.1) is 17.7 Å². The summed E-state index contributed by atoms with van der Waals surface area (Å²) in [4.78, 5) is 12.6. The number of sulfonamides is 1. The molecular weight excluding hydrogens is 390 g/mol. The predicted molar refractivity (Wildman–Crippen MR) is 113 cm³/mol. The van der Waals surface area contributed by atoms with Gasteiger partial charge in [-0.25, -0.2) is 13.8 Å². The third-order valence-electron chi connectivity index (χ3n) is 4.75. The minimum absolute atomic E-state index is 0.0774. The van der Waals surface area contributed by atoms with Gasteiger partial charge < -0.3 is 4.74 Å². The molecule has 0 saturated heterocycles. The molecule has 1 saturated carbocycles. The van der Waals surface area contributed by atoms with Crippen molar-refractivity contribution in [2.75, 3.05) is 18.0 Å². The highest BCUT2D eigenvalue weighted by Crippen LogP contribution is 2.24. The number of nitrogens with one attached hydrogen (secondary N) is 1. The van der Waals surface area contributed by atoms with Crippen LogP contribution in [0.1, 0.15) is 32.1 Å². The third kappa shape index (κ3) is 5.35. The molecule has 1 fully saturated rings. The highest BCUT2D eigenvalue weighted by Gasteiger charge is 2.27. The van der Waals surface area contributed by atoms with E-state index in [1.54, 1.807) is 42.5 Å². The van der Waals surface area contributed by atoms with Crippen LogP contribution in [0.4, 0.5) is 5.69 Å². The Balaban J connectivity index is 1.83. The van der Waals surface area contributed by atoms with E-state index in [1.165, 1.54) is 25.7 Å². The van der Waals surface area contributed by atoms with Crippen LogP contribution in [0.5, 0.6) is 5.75 Å². The lowest BCUT2D eigenvalue weighted by atomic mass is 9.99. The van der Waals surface area contributed by atoms with Crippen LogP contribution in [-0.4, -0.2) is 33.7 Å². The summed E-state index contributed by atoms with van der Waals surface area (Å²) in [6.45, 7) is -0.366. The first-order chi connectivity index (χ1) is 14.0. The summed E-state index contributed by atoms with van der Waals surface area (Å²) in [5.74, 6) is 0.0697. The molecular formula is C21H25N3O4S. The van der Waals surface area contributed by atoms with E-state index in [1.807, 2.05) is 0 Å². The van der Waals surface area contributed by atoms with E-state index in [2.05, 4.69) is 10.5 Å². The van der Waals surface area contributed by atoms with Crippen LogP contribution in [0.15, 0.2) is 64.6 Å². The summed E-state index contributed by atoms with van der Waals surface area (Å²) in [5.41, 5.74) is 3.88. The van der Waals surface area contributed by atoms with Gasteiger partial charge in [-0.05, 0) is 62.1 Å². The number of rotatable bonds is 7. The summed E-state index contributed by atoms with van der Waals surface area (Å²) in [5, 5.41) is 4.19. The van der Waals surface area contributed by atoms with Gasteiger partial charge >= 0.3 is 0 Å². The maximum atomic E-state index is 13.2. The zero-order chi connectivity index (χ0) is 20.7. The minimum Gasteiger partial charge on any atom is -0.497 e. The van der Waals surface area contributed by atoms with Gasteiger partial charge in [0.1, 0.15) is 12.3 Å². The molecule has 8 heteroatoms. The molecule has 1 N–H and O–H groups in total. The lowest BCUT2D eigenvalue weighted by Gasteiger charge is -2.24. The molecule has 0 spiro atoms. The number of nitrogens with zero attached hydrogens (tertiary/aromatic N) is 2. The standard InChI is InChI=1S/C21H25N3O4S/c1-28-19-12-14-20(15-13-19)29(26,27)24(18-10-6-3-7-11-18)16-21(25)23-22-17-8-4-2-5-9-17/h3,6-7,10-15H,2,4-5,8-9,16H2,1H3,(H,23,25). The van der Waals surface area contributed by atoms with Crippen LogP contribution in [-0.2, 0) is 14.8 Å². The fourth-order valence-corrected chi connectivity index (χ4v) is 4.58. The molecule has 0 unspecified atom stereocenters. The zero-order valence-corrected chi connectivity index (χ0v) is 17.2. The first kappa shape index (κ1) is 20.9. The van der Waals surface area contributed by atoms with E-state index in [-0.39, 0.29) is 11.4 Å². The molecule has 0 bridgehead atoms. The molecule has 2 aromatic rings. The Morgan fingerprint density at radius 3 is 2.31 bits per heavy atom. The van der Waals surface area contributed by atoms with Gasteiger partial charge in [-0.15, -0.1) is 0 Å². The normalized spacial score (nSPS) is 14.2. The van der Waals surface area contributed by atoms with Gasteiger partial charge in [0.2, 0.25) is 0 Å². The van der Waals surface area contributed by atoms with E-state index < -0.39 is 15.9 Å². The van der Waals surface area contributed by atoms with Crippen LogP contribution in [0.3, 0.4) is 0 Å². The molecule has 1 amide bonds. The maximum absolute atomic E-state index is 13.2. The fourth-order valence-electron chi connectivity index (χ4n) is 3.16. The van der Waals surface area contributed by atoms with Crippen molar-refractivity contribution in [1.82, 2.24) is 5.43 Å². The average Bonchev–Trinajstić information content (AvgIpc) is 2.77. The molecule has 7 nitrogen and oxygen atoms in total. The summed E-state index contributed by atoms with van der Waals surface area (Å²) >= 11 is 0. The highest BCUT2D eigenvalue weighted by atomic mass is 32.2. The predicted octanol–water partition coefficient (Wildman–Crippen LogP) is 3.33. The number of para-hydroxylation sites is 1. The Morgan fingerprint density at radius 1 is 1.03 bits per heavy atom. The molecule has 3 rings (SSSR count). The average molecular weight is 416 g/mol. The van der Waals surface area contributed by atoms with Crippen LogP contribution < -0.4 is 14.5 Å². The second-order valence-corrected chi connectivity index (χ2v) is 8.66. The van der Waals surface area contributed by atoms with Crippen molar-refractivity contribution in [1.29, 1.82) is 0 Å². The zero-order valence-electron chi connectivity index (χ0n) is 16.4. The van der Waals surface area contributed by atoms with Crippen molar-refractivity contribution in [3.63, 3.8) is 0 Å². The molecule has 0 radical (unpaired) electrons. The van der Waals surface area contributed by atoms with E-state index >= 15 is 0 Å². The van der Waals surface area contributed by atoms with Crippen molar-refractivity contribution >= 4 is 27.3 Å². The van der Waals surface area contributed by atoms with E-state index in [0.717, 1.165) is 35.7 Å².